The number of ether oxygens (including phenoxy) is 1. The molecule has 4 nitrogen and oxygen atoms in total. The second kappa shape index (κ2) is 3.86. The van der Waals surface area contributed by atoms with E-state index >= 15 is 0 Å². The third kappa shape index (κ3) is 1.94. The molecule has 0 aliphatic heterocycles. The van der Waals surface area contributed by atoms with E-state index in [-0.39, 0.29) is 11.3 Å². The van der Waals surface area contributed by atoms with Crippen molar-refractivity contribution in [3.05, 3.63) is 29.6 Å². The van der Waals surface area contributed by atoms with Crippen molar-refractivity contribution in [2.75, 3.05) is 12.5 Å². The van der Waals surface area contributed by atoms with Crippen LogP contribution in [0.25, 0.3) is 0 Å². The van der Waals surface area contributed by atoms with E-state index in [1.54, 1.807) is 0 Å². The number of carbonyl (C=O) groups is 1. The summed E-state index contributed by atoms with van der Waals surface area (Å²) >= 11 is 0. The number of methoxy groups -OCH3 is 1. The second-order valence-electron chi connectivity index (χ2n) is 2.33. The summed E-state index contributed by atoms with van der Waals surface area (Å²) in [5, 5.41) is 0. The first-order valence-electron chi connectivity index (χ1n) is 3.53. The van der Waals surface area contributed by atoms with Crippen LogP contribution in [0.4, 0.5) is 10.1 Å². The molecule has 0 amide bonds. The molecule has 0 aliphatic carbocycles. The maximum Gasteiger partial charge on any atom is 0.340 e. The van der Waals surface area contributed by atoms with Crippen LogP contribution in [0.5, 0.6) is 0 Å². The van der Waals surface area contributed by atoms with Gasteiger partial charge in [0.25, 0.3) is 0 Å². The van der Waals surface area contributed by atoms with Gasteiger partial charge in [-0.1, -0.05) is 0 Å². The summed E-state index contributed by atoms with van der Waals surface area (Å²) in [6, 6.07) is 3.58. The lowest BCUT2D eigenvalue weighted by Gasteiger charge is -2.06. The molecule has 5 heteroatoms. The quantitative estimate of drug-likeness (QED) is 0.407. The molecular formula is C8H9FN2O2. The van der Waals surface area contributed by atoms with Gasteiger partial charge in [-0.05, 0) is 18.2 Å². The number of nitrogen functional groups attached to an aromatic ring is 1. The number of halogens is 1. The van der Waals surface area contributed by atoms with E-state index in [0.29, 0.717) is 0 Å². The van der Waals surface area contributed by atoms with Crippen molar-refractivity contribution in [1.29, 1.82) is 0 Å². The van der Waals surface area contributed by atoms with Crippen LogP contribution >= 0.6 is 0 Å². The number of anilines is 1. The van der Waals surface area contributed by atoms with Crippen molar-refractivity contribution < 1.29 is 13.9 Å². The van der Waals surface area contributed by atoms with Crippen molar-refractivity contribution >= 4 is 11.7 Å². The Kier molecular flexibility index (Phi) is 2.81. The standard InChI is InChI=1S/C8H9FN2O2/c1-13-8(12)6-3-2-5(9)4-7(6)11-10/h2-4,11H,10H2,1H3. The van der Waals surface area contributed by atoms with Crippen LogP contribution in [0.2, 0.25) is 0 Å². The number of nitrogens with two attached hydrogens (primary N) is 1. The first-order valence-corrected chi connectivity index (χ1v) is 3.53. The average Bonchev–Trinajstić information content (AvgIpc) is 2.16. The molecule has 1 aromatic carbocycles. The minimum atomic E-state index is -0.562. The topological polar surface area (TPSA) is 64.3 Å². The van der Waals surface area contributed by atoms with Gasteiger partial charge in [-0.25, -0.2) is 9.18 Å². The Balaban J connectivity index is 3.13. The lowest BCUT2D eigenvalue weighted by molar-refractivity contribution is 0.0602. The Labute approximate surface area is 74.5 Å². The molecule has 1 aromatic rings. The first kappa shape index (κ1) is 9.47. The van der Waals surface area contributed by atoms with Gasteiger partial charge < -0.3 is 10.2 Å². The molecule has 0 saturated heterocycles. The van der Waals surface area contributed by atoms with E-state index in [2.05, 4.69) is 10.2 Å². The van der Waals surface area contributed by atoms with Crippen molar-refractivity contribution in [2.24, 2.45) is 5.84 Å². The van der Waals surface area contributed by atoms with Crippen LogP contribution in [-0.2, 0) is 4.74 Å². The largest absolute Gasteiger partial charge is 0.465 e. The molecule has 0 atom stereocenters. The highest BCUT2D eigenvalue weighted by atomic mass is 19.1. The van der Waals surface area contributed by atoms with Crippen LogP contribution in [0.1, 0.15) is 10.4 Å². The summed E-state index contributed by atoms with van der Waals surface area (Å²) in [6.45, 7) is 0. The van der Waals surface area contributed by atoms with Gasteiger partial charge in [0.2, 0.25) is 0 Å². The van der Waals surface area contributed by atoms with Crippen LogP contribution in [0.15, 0.2) is 18.2 Å². The molecule has 0 fully saturated rings. The third-order valence-corrected chi connectivity index (χ3v) is 1.54. The molecule has 0 radical (unpaired) electrons. The number of benzene rings is 1. The van der Waals surface area contributed by atoms with Gasteiger partial charge in [0.05, 0.1) is 18.4 Å². The fourth-order valence-electron chi connectivity index (χ4n) is 0.924. The number of rotatable bonds is 2. The van der Waals surface area contributed by atoms with Gasteiger partial charge in [-0.15, -0.1) is 0 Å². The molecule has 0 aliphatic rings. The summed E-state index contributed by atoms with van der Waals surface area (Å²) in [6.07, 6.45) is 0. The molecule has 1 rings (SSSR count). The minimum Gasteiger partial charge on any atom is -0.465 e. The Bertz CT molecular complexity index is 328. The number of nitrogens with one attached hydrogen (secondary N) is 1. The number of carbonyl (C=O) groups excluding carboxylic acids is 1. The summed E-state index contributed by atoms with van der Waals surface area (Å²) in [7, 11) is 1.24. The Morgan fingerprint density at radius 2 is 2.31 bits per heavy atom. The zero-order valence-corrected chi connectivity index (χ0v) is 7.00. The second-order valence-corrected chi connectivity index (χ2v) is 2.33. The zero-order chi connectivity index (χ0) is 9.84. The first-order chi connectivity index (χ1) is 6.19. The molecule has 0 saturated carbocycles. The average molecular weight is 184 g/mol. The molecule has 0 aromatic heterocycles. The maximum absolute atomic E-state index is 12.7. The Morgan fingerprint density at radius 3 is 2.85 bits per heavy atom. The van der Waals surface area contributed by atoms with Gasteiger partial charge in [-0.2, -0.15) is 0 Å². The normalized spacial score (nSPS) is 9.46. The van der Waals surface area contributed by atoms with E-state index in [4.69, 9.17) is 5.84 Å². The molecule has 70 valence electrons. The molecule has 0 heterocycles. The van der Waals surface area contributed by atoms with Crippen LogP contribution in [-0.4, -0.2) is 13.1 Å². The lowest BCUT2D eigenvalue weighted by atomic mass is 10.2. The minimum absolute atomic E-state index is 0.200. The van der Waals surface area contributed by atoms with Crippen LogP contribution < -0.4 is 11.3 Å². The Morgan fingerprint density at radius 1 is 1.62 bits per heavy atom. The van der Waals surface area contributed by atoms with E-state index in [0.717, 1.165) is 12.1 Å². The molecule has 13 heavy (non-hydrogen) atoms. The van der Waals surface area contributed by atoms with Gasteiger partial charge in [-0.3, -0.25) is 5.84 Å². The summed E-state index contributed by atoms with van der Waals surface area (Å²) in [5.41, 5.74) is 2.61. The third-order valence-electron chi connectivity index (χ3n) is 1.54. The van der Waals surface area contributed by atoms with Crippen LogP contribution in [0, 0.1) is 5.82 Å². The number of hydrogen-bond acceptors (Lipinski definition) is 4. The highest BCUT2D eigenvalue weighted by Gasteiger charge is 2.11. The summed E-state index contributed by atoms with van der Waals surface area (Å²) in [5.74, 6) is 4.05. The van der Waals surface area contributed by atoms with Gasteiger partial charge in [0, 0.05) is 0 Å². The zero-order valence-electron chi connectivity index (χ0n) is 7.00. The number of hydrazine groups is 1. The number of esters is 1. The van der Waals surface area contributed by atoms with E-state index < -0.39 is 11.8 Å². The van der Waals surface area contributed by atoms with Crippen molar-refractivity contribution in [2.45, 2.75) is 0 Å². The van der Waals surface area contributed by atoms with Crippen molar-refractivity contribution in [3.8, 4) is 0 Å². The summed E-state index contributed by atoms with van der Waals surface area (Å²) < 4.78 is 17.1. The molecular weight excluding hydrogens is 175 g/mol. The summed E-state index contributed by atoms with van der Waals surface area (Å²) in [4.78, 5) is 11.1. The Hall–Kier alpha value is -1.62. The molecule has 3 N–H and O–H groups in total. The van der Waals surface area contributed by atoms with E-state index in [1.807, 2.05) is 0 Å². The molecule has 0 spiro atoms. The number of hydrogen-bond donors (Lipinski definition) is 2. The predicted molar refractivity (Wildman–Crippen MR) is 45.5 cm³/mol. The highest BCUT2D eigenvalue weighted by molar-refractivity contribution is 5.95. The fourth-order valence-corrected chi connectivity index (χ4v) is 0.924. The fraction of sp³-hybridized carbons (Fsp3) is 0.125. The lowest BCUT2D eigenvalue weighted by Crippen LogP contribution is -2.13. The SMILES string of the molecule is COC(=O)c1ccc(F)cc1NN. The maximum atomic E-state index is 12.7. The monoisotopic (exact) mass is 184 g/mol. The predicted octanol–water partition coefficient (Wildman–Crippen LogP) is 0.898. The van der Waals surface area contributed by atoms with Crippen molar-refractivity contribution in [1.82, 2.24) is 0 Å². The molecule has 0 bridgehead atoms. The van der Waals surface area contributed by atoms with E-state index in [1.165, 1.54) is 13.2 Å². The van der Waals surface area contributed by atoms with E-state index in [9.17, 15) is 9.18 Å². The molecule has 0 unspecified atom stereocenters. The highest BCUT2D eigenvalue weighted by Crippen LogP contribution is 2.16. The van der Waals surface area contributed by atoms with Crippen LogP contribution in [0.3, 0.4) is 0 Å². The van der Waals surface area contributed by atoms with Gasteiger partial charge in [0.15, 0.2) is 0 Å². The van der Waals surface area contributed by atoms with Crippen molar-refractivity contribution in [3.63, 3.8) is 0 Å². The van der Waals surface area contributed by atoms with Gasteiger partial charge in [0.1, 0.15) is 5.82 Å². The smallest absolute Gasteiger partial charge is 0.340 e. The van der Waals surface area contributed by atoms with Gasteiger partial charge >= 0.3 is 5.97 Å².